The molecule has 0 aliphatic carbocycles. The quantitative estimate of drug-likeness (QED) is 0.714. The largest absolute Gasteiger partial charge is 0.339 e. The van der Waals surface area contributed by atoms with Gasteiger partial charge in [-0.2, -0.15) is 0 Å². The Labute approximate surface area is 165 Å². The van der Waals surface area contributed by atoms with Gasteiger partial charge < -0.3 is 4.90 Å². The van der Waals surface area contributed by atoms with Gasteiger partial charge in [-0.15, -0.1) is 10.2 Å². The topological polar surface area (TPSA) is 54.3 Å². The number of hydrogen-bond donors (Lipinski definition) is 0. The number of carbonyl (C=O) groups is 1. The summed E-state index contributed by atoms with van der Waals surface area (Å²) in [6, 6.07) is 6.28. The number of benzene rings is 1. The molecule has 0 N–H and O–H groups in total. The number of aromatic nitrogens is 3. The fourth-order valence-corrected chi connectivity index (χ4v) is 4.12. The Morgan fingerprint density at radius 1 is 1.15 bits per heavy atom. The average molecular weight is 388 g/mol. The molecule has 3 rings (SSSR count). The third-order valence-corrected chi connectivity index (χ3v) is 5.89. The van der Waals surface area contributed by atoms with Gasteiger partial charge in [-0.1, -0.05) is 31.7 Å². The first-order valence-corrected chi connectivity index (χ1v) is 10.5. The smallest absolute Gasteiger partial charge is 0.233 e. The zero-order valence-corrected chi connectivity index (χ0v) is 17.5. The molecule has 0 atom stereocenters. The highest BCUT2D eigenvalue weighted by Crippen LogP contribution is 2.22. The van der Waals surface area contributed by atoms with Gasteiger partial charge >= 0.3 is 0 Å². The summed E-state index contributed by atoms with van der Waals surface area (Å²) in [7, 11) is 0. The number of aryl methyl sites for hydroxylation is 2. The molecule has 1 aromatic heterocycles. The van der Waals surface area contributed by atoms with Crippen LogP contribution in [0.15, 0.2) is 29.7 Å². The van der Waals surface area contributed by atoms with Gasteiger partial charge in [0.2, 0.25) is 5.91 Å². The molecular formula is C20H29N5OS. The van der Waals surface area contributed by atoms with Crippen molar-refractivity contribution >= 4 is 17.7 Å². The molecule has 1 aliphatic heterocycles. The molecule has 0 unspecified atom stereocenters. The summed E-state index contributed by atoms with van der Waals surface area (Å²) in [5, 5.41) is 9.00. The molecule has 6 nitrogen and oxygen atoms in total. The predicted octanol–water partition coefficient (Wildman–Crippen LogP) is 2.78. The van der Waals surface area contributed by atoms with Gasteiger partial charge in [0.15, 0.2) is 5.16 Å². The second-order valence-electron chi connectivity index (χ2n) is 7.62. The van der Waals surface area contributed by atoms with Crippen molar-refractivity contribution in [1.29, 1.82) is 0 Å². The van der Waals surface area contributed by atoms with E-state index in [1.165, 1.54) is 22.9 Å². The van der Waals surface area contributed by atoms with Gasteiger partial charge in [-0.25, -0.2) is 0 Å². The maximum atomic E-state index is 12.6. The summed E-state index contributed by atoms with van der Waals surface area (Å²) in [4.78, 5) is 17.0. The van der Waals surface area contributed by atoms with Crippen LogP contribution in [0, 0.1) is 19.8 Å². The van der Waals surface area contributed by atoms with E-state index < -0.39 is 0 Å². The minimum atomic E-state index is 0.179. The molecule has 1 aromatic carbocycles. The van der Waals surface area contributed by atoms with E-state index in [1.807, 2.05) is 9.47 Å². The molecule has 7 heteroatoms. The Morgan fingerprint density at radius 3 is 2.56 bits per heavy atom. The summed E-state index contributed by atoms with van der Waals surface area (Å²) in [6.45, 7) is 13.3. The van der Waals surface area contributed by atoms with E-state index in [4.69, 9.17) is 0 Å². The Bertz CT molecular complexity index is 780. The van der Waals surface area contributed by atoms with Crippen LogP contribution >= 0.6 is 11.8 Å². The highest BCUT2D eigenvalue weighted by atomic mass is 32.2. The van der Waals surface area contributed by atoms with Crippen LogP contribution in [0.4, 0.5) is 0 Å². The fourth-order valence-electron chi connectivity index (χ4n) is 3.29. The molecule has 1 saturated heterocycles. The fraction of sp³-hybridized carbons (Fsp3) is 0.550. The number of carbonyl (C=O) groups excluding carboxylic acids is 1. The summed E-state index contributed by atoms with van der Waals surface area (Å²) in [5.41, 5.74) is 3.51. The van der Waals surface area contributed by atoms with Crippen molar-refractivity contribution in [2.24, 2.45) is 5.92 Å². The van der Waals surface area contributed by atoms with Crippen LogP contribution in [-0.2, 0) is 4.79 Å². The monoisotopic (exact) mass is 387 g/mol. The van der Waals surface area contributed by atoms with Crippen molar-refractivity contribution in [3.05, 3.63) is 35.7 Å². The molecule has 1 aliphatic rings. The minimum Gasteiger partial charge on any atom is -0.339 e. The lowest BCUT2D eigenvalue weighted by Crippen LogP contribution is -2.50. The lowest BCUT2D eigenvalue weighted by Gasteiger charge is -2.35. The Morgan fingerprint density at radius 2 is 1.89 bits per heavy atom. The van der Waals surface area contributed by atoms with Gasteiger partial charge in [0.1, 0.15) is 6.33 Å². The first kappa shape index (κ1) is 19.9. The molecule has 2 heterocycles. The summed E-state index contributed by atoms with van der Waals surface area (Å²) in [5.74, 6) is 1.24. The maximum Gasteiger partial charge on any atom is 0.233 e. The summed E-state index contributed by atoms with van der Waals surface area (Å²) >= 11 is 1.46. The van der Waals surface area contributed by atoms with Crippen LogP contribution < -0.4 is 0 Å². The zero-order chi connectivity index (χ0) is 19.4. The van der Waals surface area contributed by atoms with Crippen molar-refractivity contribution in [1.82, 2.24) is 24.6 Å². The van der Waals surface area contributed by atoms with E-state index in [9.17, 15) is 4.79 Å². The molecule has 2 aromatic rings. The number of hydrogen-bond acceptors (Lipinski definition) is 5. The Hall–Kier alpha value is -1.86. The van der Waals surface area contributed by atoms with Crippen LogP contribution in [0.5, 0.6) is 0 Å². The minimum absolute atomic E-state index is 0.179. The van der Waals surface area contributed by atoms with Crippen molar-refractivity contribution in [3.8, 4) is 5.69 Å². The van der Waals surface area contributed by atoms with Gasteiger partial charge in [0, 0.05) is 38.4 Å². The molecule has 0 radical (unpaired) electrons. The standard InChI is InChI=1S/C20H29N5OS/c1-15(2)12-23-7-9-24(10-8-23)19(26)13-27-20-22-21-14-25(20)18-6-5-16(3)17(4)11-18/h5-6,11,14-15H,7-10,12-13H2,1-4H3. The number of thioether (sulfide) groups is 1. The first-order valence-electron chi connectivity index (χ1n) is 9.54. The van der Waals surface area contributed by atoms with Gasteiger partial charge in [-0.05, 0) is 43.0 Å². The van der Waals surface area contributed by atoms with E-state index >= 15 is 0 Å². The third-order valence-electron chi connectivity index (χ3n) is 4.96. The van der Waals surface area contributed by atoms with Gasteiger partial charge in [0.05, 0.1) is 5.75 Å². The molecule has 1 fully saturated rings. The van der Waals surface area contributed by atoms with E-state index in [2.05, 4.69) is 61.0 Å². The van der Waals surface area contributed by atoms with Crippen LogP contribution in [0.2, 0.25) is 0 Å². The van der Waals surface area contributed by atoms with E-state index in [0.29, 0.717) is 11.7 Å². The highest BCUT2D eigenvalue weighted by molar-refractivity contribution is 7.99. The van der Waals surface area contributed by atoms with Gasteiger partial charge in [-0.3, -0.25) is 14.3 Å². The van der Waals surface area contributed by atoms with Crippen LogP contribution in [0.3, 0.4) is 0 Å². The van der Waals surface area contributed by atoms with E-state index in [-0.39, 0.29) is 5.91 Å². The summed E-state index contributed by atoms with van der Waals surface area (Å²) in [6.07, 6.45) is 1.71. The number of nitrogens with zero attached hydrogens (tertiary/aromatic N) is 5. The molecule has 0 bridgehead atoms. The second-order valence-corrected chi connectivity index (χ2v) is 8.56. The maximum absolute atomic E-state index is 12.6. The molecule has 1 amide bonds. The third kappa shape index (κ3) is 5.11. The number of piperazine rings is 1. The van der Waals surface area contributed by atoms with E-state index in [1.54, 1.807) is 6.33 Å². The molecular weight excluding hydrogens is 358 g/mol. The lowest BCUT2D eigenvalue weighted by atomic mass is 10.1. The number of rotatable bonds is 6. The molecule has 27 heavy (non-hydrogen) atoms. The zero-order valence-electron chi connectivity index (χ0n) is 16.7. The normalized spacial score (nSPS) is 15.5. The molecule has 0 saturated carbocycles. The molecule has 146 valence electrons. The number of amides is 1. The lowest BCUT2D eigenvalue weighted by molar-refractivity contribution is -0.130. The van der Waals surface area contributed by atoms with Crippen molar-refractivity contribution in [3.63, 3.8) is 0 Å². The van der Waals surface area contributed by atoms with Crippen molar-refractivity contribution < 1.29 is 4.79 Å². The Balaban J connectivity index is 1.56. The SMILES string of the molecule is Cc1ccc(-n2cnnc2SCC(=O)N2CCN(CC(C)C)CC2)cc1C. The molecule has 0 spiro atoms. The highest BCUT2D eigenvalue weighted by Gasteiger charge is 2.22. The summed E-state index contributed by atoms with van der Waals surface area (Å²) < 4.78 is 1.95. The van der Waals surface area contributed by atoms with Gasteiger partial charge in [0.25, 0.3) is 0 Å². The predicted molar refractivity (Wildman–Crippen MR) is 109 cm³/mol. The Kier molecular flexibility index (Phi) is 6.55. The average Bonchev–Trinajstić information content (AvgIpc) is 3.10. The van der Waals surface area contributed by atoms with E-state index in [0.717, 1.165) is 43.6 Å². The van der Waals surface area contributed by atoms with Crippen LogP contribution in [0.1, 0.15) is 25.0 Å². The van der Waals surface area contributed by atoms with Crippen molar-refractivity contribution in [2.45, 2.75) is 32.9 Å². The first-order chi connectivity index (χ1) is 12.9. The van der Waals surface area contributed by atoms with Crippen LogP contribution in [0.25, 0.3) is 5.69 Å². The second kappa shape index (κ2) is 8.89. The van der Waals surface area contributed by atoms with Crippen molar-refractivity contribution in [2.75, 3.05) is 38.5 Å². The van der Waals surface area contributed by atoms with Crippen LogP contribution in [-0.4, -0.2) is 68.9 Å².